The van der Waals surface area contributed by atoms with E-state index in [9.17, 15) is 4.79 Å². The molecular weight excluding hydrogens is 406 g/mol. The van der Waals surface area contributed by atoms with Crippen LogP contribution in [0.25, 0.3) is 0 Å². The van der Waals surface area contributed by atoms with E-state index in [0.29, 0.717) is 18.0 Å². The number of rotatable bonds is 7. The zero-order valence-corrected chi connectivity index (χ0v) is 19.5. The molecule has 2 heterocycles. The van der Waals surface area contributed by atoms with Crippen molar-refractivity contribution < 1.29 is 19.0 Å². The monoisotopic (exact) mass is 439 g/mol. The zero-order valence-electron chi connectivity index (χ0n) is 19.5. The predicted octanol–water partition coefficient (Wildman–Crippen LogP) is 3.42. The maximum atomic E-state index is 13.7. The van der Waals surface area contributed by atoms with E-state index in [4.69, 9.17) is 14.2 Å². The number of hydrogen-bond donors (Lipinski definition) is 0. The van der Waals surface area contributed by atoms with Crippen molar-refractivity contribution in [2.24, 2.45) is 0 Å². The average molecular weight is 440 g/mol. The third-order valence-corrected chi connectivity index (χ3v) is 6.97. The van der Waals surface area contributed by atoms with Crippen LogP contribution in [-0.2, 0) is 4.79 Å². The number of piperazine rings is 1. The number of nitrogens with zero attached hydrogens (tertiary/aromatic N) is 3. The van der Waals surface area contributed by atoms with Gasteiger partial charge in [0.1, 0.15) is 11.3 Å². The number of anilines is 2. The summed E-state index contributed by atoms with van der Waals surface area (Å²) in [6.45, 7) is 6.25. The minimum atomic E-state index is -0.458. The molecule has 0 bridgehead atoms. The lowest BCUT2D eigenvalue weighted by Crippen LogP contribution is -2.60. The molecule has 172 valence electrons. The number of benzene rings is 2. The number of carbonyl (C=O) groups excluding carboxylic acids is 1. The molecule has 1 unspecified atom stereocenters. The van der Waals surface area contributed by atoms with Crippen LogP contribution >= 0.6 is 0 Å². The second-order valence-corrected chi connectivity index (χ2v) is 8.28. The molecule has 0 radical (unpaired) electrons. The second-order valence-electron chi connectivity index (χ2n) is 8.28. The molecule has 0 N–H and O–H groups in total. The van der Waals surface area contributed by atoms with E-state index in [0.717, 1.165) is 56.1 Å². The molecule has 1 atom stereocenters. The van der Waals surface area contributed by atoms with Gasteiger partial charge >= 0.3 is 0 Å². The van der Waals surface area contributed by atoms with Crippen molar-refractivity contribution in [3.63, 3.8) is 0 Å². The maximum Gasteiger partial charge on any atom is 0.247 e. The molecular formula is C25H33N3O4. The number of hydrogen-bond acceptors (Lipinski definition) is 6. The smallest absolute Gasteiger partial charge is 0.247 e. The number of para-hydroxylation sites is 2. The van der Waals surface area contributed by atoms with E-state index in [2.05, 4.69) is 22.8 Å². The fourth-order valence-electron chi connectivity index (χ4n) is 5.11. The van der Waals surface area contributed by atoms with Crippen LogP contribution in [0.4, 0.5) is 11.4 Å². The minimum Gasteiger partial charge on any atom is -0.495 e. The van der Waals surface area contributed by atoms with Crippen molar-refractivity contribution in [1.29, 1.82) is 0 Å². The van der Waals surface area contributed by atoms with Gasteiger partial charge in [0.2, 0.25) is 5.91 Å². The van der Waals surface area contributed by atoms with E-state index >= 15 is 0 Å². The summed E-state index contributed by atoms with van der Waals surface area (Å²) >= 11 is 0. The fourth-order valence-corrected chi connectivity index (χ4v) is 5.11. The highest BCUT2D eigenvalue weighted by Gasteiger charge is 2.50. The normalized spacial score (nSPS) is 21.7. The third kappa shape index (κ3) is 3.75. The highest BCUT2D eigenvalue weighted by atomic mass is 16.5. The first-order valence-corrected chi connectivity index (χ1v) is 11.2. The summed E-state index contributed by atoms with van der Waals surface area (Å²) in [6.07, 6.45) is 1.62. The Morgan fingerprint density at radius 1 is 0.844 bits per heavy atom. The second kappa shape index (κ2) is 9.28. The topological polar surface area (TPSA) is 54.5 Å². The van der Waals surface area contributed by atoms with Crippen LogP contribution in [0.1, 0.15) is 19.8 Å². The lowest BCUT2D eigenvalue weighted by atomic mass is 9.91. The van der Waals surface area contributed by atoms with Gasteiger partial charge in [0.05, 0.1) is 27.0 Å². The molecule has 0 saturated carbocycles. The highest BCUT2D eigenvalue weighted by molar-refractivity contribution is 6.02. The Labute approximate surface area is 190 Å². The Bertz CT molecular complexity index is 958. The summed E-state index contributed by atoms with van der Waals surface area (Å²) in [5, 5.41) is 0. The quantitative estimate of drug-likeness (QED) is 0.659. The van der Waals surface area contributed by atoms with Crippen LogP contribution < -0.4 is 24.0 Å². The summed E-state index contributed by atoms with van der Waals surface area (Å²) < 4.78 is 16.3. The number of ether oxygens (including phenoxy) is 3. The molecule has 2 aliphatic heterocycles. The van der Waals surface area contributed by atoms with Gasteiger partial charge in [-0.3, -0.25) is 9.69 Å². The molecule has 0 spiro atoms. The van der Waals surface area contributed by atoms with Crippen molar-refractivity contribution in [3.05, 3.63) is 42.5 Å². The van der Waals surface area contributed by atoms with E-state index < -0.39 is 5.54 Å². The van der Waals surface area contributed by atoms with Crippen LogP contribution in [0.15, 0.2) is 42.5 Å². The first kappa shape index (κ1) is 22.3. The third-order valence-electron chi connectivity index (χ3n) is 6.97. The molecule has 2 aromatic carbocycles. The van der Waals surface area contributed by atoms with E-state index in [1.807, 2.05) is 41.3 Å². The first-order chi connectivity index (χ1) is 15.6. The Hall–Kier alpha value is -2.93. The Morgan fingerprint density at radius 2 is 1.53 bits per heavy atom. The van der Waals surface area contributed by atoms with E-state index in [1.54, 1.807) is 21.3 Å². The standard InChI is InChI=1S/C25H33N3O4/c1-5-25(27-16-14-26(15-17-27)20-8-6-7-9-21(20)30-2)12-13-28(24(25)29)19-10-11-22(31-3)23(18-19)32-4/h6-11,18H,5,12-17H2,1-4H3. The maximum absolute atomic E-state index is 13.7. The van der Waals surface area contributed by atoms with Gasteiger partial charge in [0.25, 0.3) is 0 Å². The summed E-state index contributed by atoms with van der Waals surface area (Å²) in [7, 11) is 4.94. The van der Waals surface area contributed by atoms with Crippen molar-refractivity contribution in [3.8, 4) is 17.2 Å². The summed E-state index contributed by atoms with van der Waals surface area (Å²) in [5.74, 6) is 2.37. The van der Waals surface area contributed by atoms with Gasteiger partial charge < -0.3 is 24.0 Å². The lowest BCUT2D eigenvalue weighted by molar-refractivity contribution is -0.128. The Balaban J connectivity index is 1.51. The van der Waals surface area contributed by atoms with Crippen molar-refractivity contribution >= 4 is 17.3 Å². The van der Waals surface area contributed by atoms with Crippen LogP contribution in [0, 0.1) is 0 Å². The van der Waals surface area contributed by atoms with Crippen LogP contribution in [0.5, 0.6) is 17.2 Å². The molecule has 1 amide bonds. The predicted molar refractivity (Wildman–Crippen MR) is 126 cm³/mol. The van der Waals surface area contributed by atoms with Crippen molar-refractivity contribution in [1.82, 2.24) is 4.90 Å². The molecule has 7 nitrogen and oxygen atoms in total. The van der Waals surface area contributed by atoms with E-state index in [-0.39, 0.29) is 5.91 Å². The number of methoxy groups -OCH3 is 3. The number of carbonyl (C=O) groups is 1. The zero-order chi connectivity index (χ0) is 22.7. The van der Waals surface area contributed by atoms with Crippen molar-refractivity contribution in [2.75, 3.05) is 63.9 Å². The SMILES string of the molecule is CCC1(N2CCN(c3ccccc3OC)CC2)CCN(c2ccc(OC)c(OC)c2)C1=O. The van der Waals surface area contributed by atoms with Gasteiger partial charge in [-0.1, -0.05) is 19.1 Å². The largest absolute Gasteiger partial charge is 0.495 e. The van der Waals surface area contributed by atoms with Gasteiger partial charge in [-0.2, -0.15) is 0 Å². The van der Waals surface area contributed by atoms with Gasteiger partial charge in [0.15, 0.2) is 11.5 Å². The Morgan fingerprint density at radius 3 is 2.19 bits per heavy atom. The molecule has 0 aliphatic carbocycles. The van der Waals surface area contributed by atoms with Crippen LogP contribution in [0.2, 0.25) is 0 Å². The average Bonchev–Trinajstić information content (AvgIpc) is 3.20. The van der Waals surface area contributed by atoms with Crippen LogP contribution in [-0.4, -0.2) is 70.4 Å². The molecule has 32 heavy (non-hydrogen) atoms. The van der Waals surface area contributed by atoms with Gasteiger partial charge in [-0.05, 0) is 37.1 Å². The van der Waals surface area contributed by atoms with Gasteiger partial charge in [-0.25, -0.2) is 0 Å². The van der Waals surface area contributed by atoms with Crippen LogP contribution in [0.3, 0.4) is 0 Å². The summed E-state index contributed by atoms with van der Waals surface area (Å²) in [5.41, 5.74) is 1.51. The highest BCUT2D eigenvalue weighted by Crippen LogP contribution is 2.39. The van der Waals surface area contributed by atoms with Gasteiger partial charge in [0, 0.05) is 44.5 Å². The molecule has 2 saturated heterocycles. The van der Waals surface area contributed by atoms with Gasteiger partial charge in [-0.15, -0.1) is 0 Å². The van der Waals surface area contributed by atoms with Crippen molar-refractivity contribution in [2.45, 2.75) is 25.3 Å². The minimum absolute atomic E-state index is 0.179. The first-order valence-electron chi connectivity index (χ1n) is 11.2. The molecule has 4 rings (SSSR count). The molecule has 2 fully saturated rings. The molecule has 2 aromatic rings. The summed E-state index contributed by atoms with van der Waals surface area (Å²) in [6, 6.07) is 13.8. The lowest BCUT2D eigenvalue weighted by Gasteiger charge is -2.45. The number of amides is 1. The summed E-state index contributed by atoms with van der Waals surface area (Å²) in [4.78, 5) is 20.4. The fraction of sp³-hybridized carbons (Fsp3) is 0.480. The molecule has 7 heteroatoms. The van der Waals surface area contributed by atoms with E-state index in [1.165, 1.54) is 0 Å². The Kier molecular flexibility index (Phi) is 6.46. The molecule has 2 aliphatic rings. The molecule has 0 aromatic heterocycles.